The lowest BCUT2D eigenvalue weighted by Gasteiger charge is -2.20. The van der Waals surface area contributed by atoms with Gasteiger partial charge in [-0.25, -0.2) is 0 Å². The van der Waals surface area contributed by atoms with Crippen LogP contribution in [0.3, 0.4) is 0 Å². The lowest BCUT2D eigenvalue weighted by Crippen LogP contribution is -2.45. The van der Waals surface area contributed by atoms with Crippen LogP contribution in [0.4, 0.5) is 0 Å². The lowest BCUT2D eigenvalue weighted by atomic mass is 10.0. The molecule has 0 rings (SSSR count). The van der Waals surface area contributed by atoms with E-state index in [2.05, 4.69) is 55.6 Å². The van der Waals surface area contributed by atoms with Gasteiger partial charge in [0.1, 0.15) is 0 Å². The van der Waals surface area contributed by atoms with Gasteiger partial charge in [-0.15, -0.1) is 0 Å². The van der Waals surface area contributed by atoms with Gasteiger partial charge in [0.2, 0.25) is 5.91 Å². The molecule has 0 aromatic heterocycles. The SMILES string of the molecule is CCCCCC/C=C\C/C=C\CCCCCCCC(=O)OCCCCCCCCCCCCCC/C=C\CCCCCCCCCCCCCCCCCC(=O)NC(CO)C(O)/C=C/CCCCCCCCC. The molecule has 6 nitrogen and oxygen atoms in total. The van der Waals surface area contributed by atoms with E-state index in [1.807, 2.05) is 6.08 Å². The Balaban J connectivity index is 3.35. The fraction of sp³-hybridized carbons (Fsp3) is 0.851. The molecule has 0 radical (unpaired) electrons. The highest BCUT2D eigenvalue weighted by Crippen LogP contribution is 2.17. The van der Waals surface area contributed by atoms with Crippen LogP contribution in [0.1, 0.15) is 341 Å². The molecule has 2 unspecified atom stereocenters. The van der Waals surface area contributed by atoms with Crippen LogP contribution in [0.25, 0.3) is 0 Å². The maximum absolute atomic E-state index is 12.4. The molecule has 3 N–H and O–H groups in total. The van der Waals surface area contributed by atoms with E-state index in [0.717, 1.165) is 51.4 Å². The second-order valence-corrected chi connectivity index (χ2v) is 22.1. The van der Waals surface area contributed by atoms with Gasteiger partial charge in [-0.3, -0.25) is 9.59 Å². The maximum Gasteiger partial charge on any atom is 0.305 e. The highest BCUT2D eigenvalue weighted by atomic mass is 16.5. The van der Waals surface area contributed by atoms with Crippen molar-refractivity contribution in [2.75, 3.05) is 13.2 Å². The van der Waals surface area contributed by atoms with Crippen molar-refractivity contribution in [3.63, 3.8) is 0 Å². The number of carbonyl (C=O) groups excluding carboxylic acids is 2. The van der Waals surface area contributed by atoms with E-state index in [1.165, 1.54) is 263 Å². The van der Waals surface area contributed by atoms with Crippen LogP contribution in [0.2, 0.25) is 0 Å². The van der Waals surface area contributed by atoms with Crippen LogP contribution in [0, 0.1) is 0 Å². The third kappa shape index (κ3) is 58.9. The van der Waals surface area contributed by atoms with Gasteiger partial charge in [0.05, 0.1) is 25.4 Å². The third-order valence-corrected chi connectivity index (χ3v) is 14.8. The minimum absolute atomic E-state index is 0.00356. The second-order valence-electron chi connectivity index (χ2n) is 22.1. The Morgan fingerprint density at radius 1 is 0.384 bits per heavy atom. The van der Waals surface area contributed by atoms with Gasteiger partial charge in [0, 0.05) is 12.8 Å². The number of ether oxygens (including phenoxy) is 1. The van der Waals surface area contributed by atoms with E-state index in [1.54, 1.807) is 6.08 Å². The van der Waals surface area contributed by atoms with Gasteiger partial charge in [-0.2, -0.15) is 0 Å². The summed E-state index contributed by atoms with van der Waals surface area (Å²) in [5.41, 5.74) is 0. The van der Waals surface area contributed by atoms with Gasteiger partial charge < -0.3 is 20.3 Å². The first kappa shape index (κ1) is 70.8. The molecule has 0 heterocycles. The van der Waals surface area contributed by atoms with Crippen molar-refractivity contribution in [2.45, 2.75) is 353 Å². The molecule has 0 saturated heterocycles. The van der Waals surface area contributed by atoms with Crippen molar-refractivity contribution in [2.24, 2.45) is 0 Å². The number of hydrogen-bond acceptors (Lipinski definition) is 5. The molecule has 73 heavy (non-hydrogen) atoms. The molecular weight excluding hydrogens is 899 g/mol. The first-order chi connectivity index (χ1) is 36.0. The van der Waals surface area contributed by atoms with E-state index < -0.39 is 12.1 Å². The summed E-state index contributed by atoms with van der Waals surface area (Å²) in [6.45, 7) is 4.86. The van der Waals surface area contributed by atoms with Crippen LogP contribution in [-0.4, -0.2) is 47.4 Å². The summed E-state index contributed by atoms with van der Waals surface area (Å²) in [6, 6.07) is -0.624. The zero-order valence-electron chi connectivity index (χ0n) is 48.9. The number of esters is 1. The van der Waals surface area contributed by atoms with Crippen molar-refractivity contribution in [3.05, 3.63) is 48.6 Å². The summed E-state index contributed by atoms with van der Waals surface area (Å²) in [6.07, 6.45) is 80.4. The summed E-state index contributed by atoms with van der Waals surface area (Å²) >= 11 is 0. The molecule has 6 heteroatoms. The first-order valence-corrected chi connectivity index (χ1v) is 32.4. The van der Waals surface area contributed by atoms with Crippen molar-refractivity contribution >= 4 is 11.9 Å². The highest BCUT2D eigenvalue weighted by molar-refractivity contribution is 5.76. The van der Waals surface area contributed by atoms with Crippen LogP contribution < -0.4 is 5.32 Å². The van der Waals surface area contributed by atoms with Gasteiger partial charge in [-0.1, -0.05) is 287 Å². The van der Waals surface area contributed by atoms with E-state index >= 15 is 0 Å². The number of amides is 1. The number of carbonyl (C=O) groups is 2. The summed E-state index contributed by atoms with van der Waals surface area (Å²) in [4.78, 5) is 24.5. The third-order valence-electron chi connectivity index (χ3n) is 14.8. The highest BCUT2D eigenvalue weighted by Gasteiger charge is 2.18. The molecule has 0 aliphatic heterocycles. The van der Waals surface area contributed by atoms with Gasteiger partial charge in [-0.05, 0) is 89.9 Å². The summed E-state index contributed by atoms with van der Waals surface area (Å²) in [5.74, 6) is -0.0648. The largest absolute Gasteiger partial charge is 0.466 e. The van der Waals surface area contributed by atoms with Crippen LogP contribution in [-0.2, 0) is 14.3 Å². The Hall–Kier alpha value is -2.18. The Bertz CT molecular complexity index is 1230. The number of rotatable bonds is 60. The zero-order chi connectivity index (χ0) is 52.9. The van der Waals surface area contributed by atoms with Crippen molar-refractivity contribution < 1.29 is 24.5 Å². The molecule has 0 aliphatic carbocycles. The van der Waals surface area contributed by atoms with E-state index in [4.69, 9.17) is 4.74 Å². The van der Waals surface area contributed by atoms with Crippen LogP contribution in [0.15, 0.2) is 48.6 Å². The van der Waals surface area contributed by atoms with Gasteiger partial charge >= 0.3 is 5.97 Å². The van der Waals surface area contributed by atoms with Crippen molar-refractivity contribution in [1.82, 2.24) is 5.32 Å². The molecule has 0 spiro atoms. The van der Waals surface area contributed by atoms with Crippen molar-refractivity contribution in [1.29, 1.82) is 0 Å². The standard InChI is InChI=1S/C67H125NO5/c1-3-5-7-9-11-13-14-15-16-35-38-41-45-49-53-57-61-67(72)73-62-58-54-50-46-42-39-36-33-31-29-27-25-23-21-19-17-18-20-22-24-26-28-30-32-34-37-40-44-48-52-56-60-66(71)68-64(63-69)65(70)59-55-51-47-43-12-10-8-6-4-2/h13-14,16,19,21,35,55,59,64-65,69-70H,3-12,15,17-18,20,22-34,36-54,56-58,60-63H2,1-2H3,(H,68,71)/b14-13-,21-19-,35-16-,59-55+. The fourth-order valence-electron chi connectivity index (χ4n) is 9.84. The van der Waals surface area contributed by atoms with E-state index in [0.29, 0.717) is 19.4 Å². The normalized spacial score (nSPS) is 12.9. The van der Waals surface area contributed by atoms with Crippen LogP contribution in [0.5, 0.6) is 0 Å². The molecule has 0 bridgehead atoms. The Morgan fingerprint density at radius 3 is 1.07 bits per heavy atom. The summed E-state index contributed by atoms with van der Waals surface area (Å²) in [5, 5.41) is 23.0. The Morgan fingerprint density at radius 2 is 0.685 bits per heavy atom. The molecule has 428 valence electrons. The molecular formula is C67H125NO5. The number of aliphatic hydroxyl groups excluding tert-OH is 2. The Kier molecular flexibility index (Phi) is 60.5. The molecule has 0 aromatic rings. The smallest absolute Gasteiger partial charge is 0.305 e. The Labute approximate surface area is 455 Å². The molecule has 0 aromatic carbocycles. The topological polar surface area (TPSA) is 95.9 Å². The van der Waals surface area contributed by atoms with Gasteiger partial charge in [0.25, 0.3) is 0 Å². The van der Waals surface area contributed by atoms with Crippen molar-refractivity contribution in [3.8, 4) is 0 Å². The summed E-state index contributed by atoms with van der Waals surface area (Å²) in [7, 11) is 0. The quantitative estimate of drug-likeness (QED) is 0.0320. The lowest BCUT2D eigenvalue weighted by molar-refractivity contribution is -0.143. The predicted molar refractivity (Wildman–Crippen MR) is 319 cm³/mol. The number of nitrogens with one attached hydrogen (secondary N) is 1. The molecule has 0 aliphatic rings. The minimum atomic E-state index is -0.841. The number of aliphatic hydroxyl groups is 2. The number of hydrogen-bond donors (Lipinski definition) is 3. The number of unbranched alkanes of at least 4 members (excludes halogenated alkanes) is 43. The molecule has 2 atom stereocenters. The molecule has 1 amide bonds. The minimum Gasteiger partial charge on any atom is -0.466 e. The monoisotopic (exact) mass is 1020 g/mol. The average molecular weight is 1020 g/mol. The fourth-order valence-corrected chi connectivity index (χ4v) is 9.84. The van der Waals surface area contributed by atoms with Gasteiger partial charge in [0.15, 0.2) is 0 Å². The molecule has 0 saturated carbocycles. The second kappa shape index (κ2) is 62.4. The van der Waals surface area contributed by atoms with E-state index in [-0.39, 0.29) is 18.5 Å². The predicted octanol–water partition coefficient (Wildman–Crippen LogP) is 20.5. The van der Waals surface area contributed by atoms with E-state index in [9.17, 15) is 19.8 Å². The molecule has 0 fully saturated rings. The first-order valence-electron chi connectivity index (χ1n) is 32.4. The maximum atomic E-state index is 12.4. The zero-order valence-corrected chi connectivity index (χ0v) is 48.9. The average Bonchev–Trinajstić information content (AvgIpc) is 3.39. The number of allylic oxidation sites excluding steroid dienone is 7. The summed E-state index contributed by atoms with van der Waals surface area (Å²) < 4.78 is 5.49. The van der Waals surface area contributed by atoms with Crippen LogP contribution >= 0.6 is 0 Å².